The molecule has 9 heteroatoms. The molecule has 0 spiro atoms. The number of ether oxygens (including phenoxy) is 1. The lowest BCUT2D eigenvalue weighted by molar-refractivity contribution is -0.122. The van der Waals surface area contributed by atoms with E-state index in [9.17, 15) is 13.2 Å². The first-order valence-corrected chi connectivity index (χ1v) is 11.0. The van der Waals surface area contributed by atoms with Gasteiger partial charge < -0.3 is 10.1 Å². The fraction of sp³-hybridized carbons (Fsp3) is 0.316. The number of nitrogens with one attached hydrogen (secondary N) is 1. The van der Waals surface area contributed by atoms with Crippen molar-refractivity contribution >= 4 is 44.8 Å². The number of benzene rings is 2. The molecule has 0 radical (unpaired) electrons. The van der Waals surface area contributed by atoms with E-state index in [0.717, 1.165) is 16.1 Å². The van der Waals surface area contributed by atoms with Crippen molar-refractivity contribution in [2.24, 2.45) is 0 Å². The number of sulfonamides is 1. The predicted molar refractivity (Wildman–Crippen MR) is 113 cm³/mol. The number of hydrogen-bond acceptors (Lipinski definition) is 4. The van der Waals surface area contributed by atoms with E-state index in [4.69, 9.17) is 27.9 Å². The molecule has 28 heavy (non-hydrogen) atoms. The number of carbonyl (C=O) groups excluding carboxylic acids is 1. The van der Waals surface area contributed by atoms with Gasteiger partial charge in [0.2, 0.25) is 15.9 Å². The lowest BCUT2D eigenvalue weighted by Crippen LogP contribution is -2.48. The largest absolute Gasteiger partial charge is 0.497 e. The van der Waals surface area contributed by atoms with Crippen LogP contribution >= 0.6 is 23.2 Å². The molecule has 2 atom stereocenters. The molecule has 2 aromatic carbocycles. The quantitative estimate of drug-likeness (QED) is 0.698. The zero-order valence-electron chi connectivity index (χ0n) is 15.9. The van der Waals surface area contributed by atoms with Crippen LogP contribution in [0.25, 0.3) is 0 Å². The Morgan fingerprint density at radius 1 is 1.07 bits per heavy atom. The summed E-state index contributed by atoms with van der Waals surface area (Å²) in [5, 5.41) is 3.33. The third kappa shape index (κ3) is 5.31. The lowest BCUT2D eigenvalue weighted by Gasteiger charge is -2.29. The maximum absolute atomic E-state index is 12.8. The van der Waals surface area contributed by atoms with Gasteiger partial charge >= 0.3 is 0 Å². The van der Waals surface area contributed by atoms with Crippen molar-refractivity contribution in [3.8, 4) is 5.75 Å². The molecule has 2 rings (SSSR count). The van der Waals surface area contributed by atoms with Crippen LogP contribution in [-0.4, -0.2) is 33.7 Å². The summed E-state index contributed by atoms with van der Waals surface area (Å²) in [6.45, 7) is 3.33. The minimum Gasteiger partial charge on any atom is -0.497 e. The third-order valence-corrected chi connectivity index (χ3v) is 6.20. The standard InChI is InChI=1S/C19H22Cl2N2O4S/c1-12(14-5-8-16(27-3)9-6-14)22-19(24)13(2)23(28(4,25)26)15-7-10-17(20)18(21)11-15/h5-13H,1-4H3,(H,22,24). The second kappa shape index (κ2) is 9.03. The van der Waals surface area contributed by atoms with Gasteiger partial charge in [0, 0.05) is 0 Å². The Balaban J connectivity index is 2.24. The van der Waals surface area contributed by atoms with Crippen molar-refractivity contribution < 1.29 is 17.9 Å². The number of anilines is 1. The van der Waals surface area contributed by atoms with Crippen LogP contribution in [-0.2, 0) is 14.8 Å². The summed E-state index contributed by atoms with van der Waals surface area (Å²) in [6, 6.07) is 10.3. The summed E-state index contributed by atoms with van der Waals surface area (Å²) in [7, 11) is -2.17. The average molecular weight is 445 g/mol. The Morgan fingerprint density at radius 2 is 1.68 bits per heavy atom. The van der Waals surface area contributed by atoms with E-state index in [-0.39, 0.29) is 16.8 Å². The van der Waals surface area contributed by atoms with Crippen LogP contribution in [0.2, 0.25) is 10.0 Å². The average Bonchev–Trinajstić information content (AvgIpc) is 2.63. The third-order valence-electron chi connectivity index (χ3n) is 4.22. The molecule has 0 aliphatic carbocycles. The number of carbonyl (C=O) groups is 1. The molecule has 2 unspecified atom stereocenters. The predicted octanol–water partition coefficient (Wildman–Crippen LogP) is 4.03. The zero-order valence-corrected chi connectivity index (χ0v) is 18.3. The molecular weight excluding hydrogens is 423 g/mol. The lowest BCUT2D eigenvalue weighted by atomic mass is 10.1. The van der Waals surface area contributed by atoms with Crippen LogP contribution in [0.3, 0.4) is 0 Å². The van der Waals surface area contributed by atoms with Gasteiger partial charge in [-0.05, 0) is 49.7 Å². The van der Waals surface area contributed by atoms with Crippen molar-refractivity contribution in [3.63, 3.8) is 0 Å². The van der Waals surface area contributed by atoms with E-state index < -0.39 is 22.0 Å². The molecule has 0 fully saturated rings. The normalized spacial score (nSPS) is 13.5. The minimum absolute atomic E-state index is 0.201. The smallest absolute Gasteiger partial charge is 0.244 e. The van der Waals surface area contributed by atoms with E-state index in [1.54, 1.807) is 19.2 Å². The van der Waals surface area contributed by atoms with Gasteiger partial charge in [0.25, 0.3) is 0 Å². The molecule has 0 aliphatic rings. The Kier molecular flexibility index (Phi) is 7.20. The number of rotatable bonds is 7. The molecular formula is C19H22Cl2N2O4S. The van der Waals surface area contributed by atoms with E-state index >= 15 is 0 Å². The van der Waals surface area contributed by atoms with E-state index in [2.05, 4.69) is 5.32 Å². The van der Waals surface area contributed by atoms with Crippen LogP contribution in [0.1, 0.15) is 25.5 Å². The summed E-state index contributed by atoms with van der Waals surface area (Å²) >= 11 is 11.9. The van der Waals surface area contributed by atoms with Crippen LogP contribution in [0.15, 0.2) is 42.5 Å². The van der Waals surface area contributed by atoms with Gasteiger partial charge in [0.15, 0.2) is 0 Å². The topological polar surface area (TPSA) is 75.7 Å². The SMILES string of the molecule is COc1ccc(C(C)NC(=O)C(C)N(c2ccc(Cl)c(Cl)c2)S(C)(=O)=O)cc1. The second-order valence-corrected chi connectivity index (χ2v) is 9.01. The Morgan fingerprint density at radius 3 is 2.18 bits per heavy atom. The maximum atomic E-state index is 12.8. The van der Waals surface area contributed by atoms with Crippen LogP contribution in [0.5, 0.6) is 5.75 Å². The van der Waals surface area contributed by atoms with E-state index in [0.29, 0.717) is 10.8 Å². The fourth-order valence-electron chi connectivity index (χ4n) is 2.74. The first-order valence-electron chi connectivity index (χ1n) is 8.43. The van der Waals surface area contributed by atoms with Crippen molar-refractivity contribution in [2.45, 2.75) is 25.9 Å². The van der Waals surface area contributed by atoms with Gasteiger partial charge in [0.1, 0.15) is 11.8 Å². The first-order chi connectivity index (χ1) is 13.0. The van der Waals surface area contributed by atoms with Gasteiger partial charge in [-0.1, -0.05) is 35.3 Å². The van der Waals surface area contributed by atoms with E-state index in [1.807, 2.05) is 19.1 Å². The highest BCUT2D eigenvalue weighted by Gasteiger charge is 2.30. The molecule has 152 valence electrons. The highest BCUT2D eigenvalue weighted by Crippen LogP contribution is 2.30. The first kappa shape index (κ1) is 22.3. The number of nitrogens with zero attached hydrogens (tertiary/aromatic N) is 1. The molecule has 0 bridgehead atoms. The summed E-state index contributed by atoms with van der Waals surface area (Å²) in [6.07, 6.45) is 1.03. The number of halogens is 2. The molecule has 0 heterocycles. The minimum atomic E-state index is -3.75. The summed E-state index contributed by atoms with van der Waals surface area (Å²) in [5.41, 5.74) is 1.12. The Bertz CT molecular complexity index is 949. The summed E-state index contributed by atoms with van der Waals surface area (Å²) in [4.78, 5) is 12.8. The van der Waals surface area contributed by atoms with Crippen LogP contribution < -0.4 is 14.4 Å². The van der Waals surface area contributed by atoms with Crippen LogP contribution in [0.4, 0.5) is 5.69 Å². The van der Waals surface area contributed by atoms with Gasteiger partial charge in [-0.15, -0.1) is 0 Å². The molecule has 6 nitrogen and oxygen atoms in total. The number of methoxy groups -OCH3 is 1. The van der Waals surface area contributed by atoms with Crippen LogP contribution in [0, 0.1) is 0 Å². The monoisotopic (exact) mass is 444 g/mol. The van der Waals surface area contributed by atoms with E-state index in [1.165, 1.54) is 25.1 Å². The second-order valence-electron chi connectivity index (χ2n) is 6.34. The molecule has 1 amide bonds. The van der Waals surface area contributed by atoms with Crippen molar-refractivity contribution in [1.29, 1.82) is 0 Å². The molecule has 0 saturated heterocycles. The van der Waals surface area contributed by atoms with Gasteiger partial charge in [-0.3, -0.25) is 9.10 Å². The van der Waals surface area contributed by atoms with Crippen molar-refractivity contribution in [3.05, 3.63) is 58.1 Å². The molecule has 1 N–H and O–H groups in total. The molecule has 2 aromatic rings. The maximum Gasteiger partial charge on any atom is 0.244 e. The summed E-state index contributed by atoms with van der Waals surface area (Å²) < 4.78 is 30.9. The highest BCUT2D eigenvalue weighted by atomic mass is 35.5. The van der Waals surface area contributed by atoms with Crippen molar-refractivity contribution in [1.82, 2.24) is 5.32 Å². The summed E-state index contributed by atoms with van der Waals surface area (Å²) in [5.74, 6) is 0.262. The van der Waals surface area contributed by atoms with Gasteiger partial charge in [0.05, 0.1) is 35.1 Å². The number of amides is 1. The van der Waals surface area contributed by atoms with Gasteiger partial charge in [-0.2, -0.15) is 0 Å². The molecule has 0 saturated carbocycles. The molecule has 0 aliphatic heterocycles. The number of hydrogen-bond donors (Lipinski definition) is 1. The zero-order chi connectivity index (χ0) is 21.1. The van der Waals surface area contributed by atoms with Crippen molar-refractivity contribution in [2.75, 3.05) is 17.7 Å². The molecule has 0 aromatic heterocycles. The highest BCUT2D eigenvalue weighted by molar-refractivity contribution is 7.92. The Hall–Kier alpha value is -1.96. The van der Waals surface area contributed by atoms with Gasteiger partial charge in [-0.25, -0.2) is 8.42 Å². The fourth-order valence-corrected chi connectivity index (χ4v) is 4.20. The Labute approximate surface area is 175 Å².